The summed E-state index contributed by atoms with van der Waals surface area (Å²) in [5.74, 6) is 0. The van der Waals surface area contributed by atoms with Crippen LogP contribution in [0, 0.1) is 0 Å². The van der Waals surface area contributed by atoms with Gasteiger partial charge in [-0.15, -0.1) is 0 Å². The summed E-state index contributed by atoms with van der Waals surface area (Å²) in [6, 6.07) is 49.1. The topological polar surface area (TPSA) is 9.86 Å². The van der Waals surface area contributed by atoms with E-state index in [0.717, 1.165) is 0 Å². The Morgan fingerprint density at radius 1 is 0.390 bits per heavy atom. The van der Waals surface area contributed by atoms with Crippen LogP contribution in [0.25, 0.3) is 66.1 Å². The van der Waals surface area contributed by atoms with Crippen LogP contribution in [0.5, 0.6) is 0 Å². The zero-order chi connectivity index (χ0) is 27.3. The maximum absolute atomic E-state index is 2.46. The smallest absolute Gasteiger partial charge is 0.0562 e. The molecule has 2 nitrogen and oxygen atoms in total. The molecule has 0 N–H and O–H groups in total. The molecular formula is C39H28N2. The second-order valence-corrected chi connectivity index (χ2v) is 11.8. The lowest BCUT2D eigenvalue weighted by molar-refractivity contribution is 0.660. The van der Waals surface area contributed by atoms with Gasteiger partial charge in [0, 0.05) is 38.3 Å². The number of hydrogen-bond donors (Lipinski definition) is 0. The van der Waals surface area contributed by atoms with Crippen molar-refractivity contribution in [1.82, 2.24) is 9.13 Å². The first-order valence-corrected chi connectivity index (χ1v) is 14.4. The van der Waals surface area contributed by atoms with Crippen LogP contribution in [0.1, 0.15) is 25.0 Å². The zero-order valence-electron chi connectivity index (χ0n) is 23.1. The standard InChI is InChI=1S/C39H28N2/c1-39(2)33-17-9-6-14-27(33)30-22-26(20-21-34(30)39)41-36-19-11-8-16-29(36)32-23-31-28-15-7-10-18-35(28)40(37(31)24-38(32)41)25-12-4-3-5-13-25/h3-24H,1-2H3. The minimum Gasteiger partial charge on any atom is -0.309 e. The van der Waals surface area contributed by atoms with Crippen LogP contribution in [0.3, 0.4) is 0 Å². The van der Waals surface area contributed by atoms with Gasteiger partial charge in [-0.1, -0.05) is 98.8 Å². The third kappa shape index (κ3) is 2.97. The van der Waals surface area contributed by atoms with Crippen molar-refractivity contribution in [1.29, 1.82) is 0 Å². The van der Waals surface area contributed by atoms with E-state index in [0.29, 0.717) is 0 Å². The molecule has 1 aliphatic rings. The fourth-order valence-corrected chi connectivity index (χ4v) is 7.41. The molecule has 6 aromatic carbocycles. The summed E-state index contributed by atoms with van der Waals surface area (Å²) in [6.07, 6.45) is 0. The predicted molar refractivity (Wildman–Crippen MR) is 173 cm³/mol. The van der Waals surface area contributed by atoms with Crippen LogP contribution in [0.2, 0.25) is 0 Å². The van der Waals surface area contributed by atoms with Crippen molar-refractivity contribution < 1.29 is 0 Å². The second-order valence-electron chi connectivity index (χ2n) is 11.8. The Kier molecular flexibility index (Phi) is 4.42. The molecule has 41 heavy (non-hydrogen) atoms. The van der Waals surface area contributed by atoms with Crippen molar-refractivity contribution in [3.05, 3.63) is 145 Å². The van der Waals surface area contributed by atoms with Gasteiger partial charge in [-0.05, 0) is 70.8 Å². The summed E-state index contributed by atoms with van der Waals surface area (Å²) in [7, 11) is 0. The highest BCUT2D eigenvalue weighted by Crippen LogP contribution is 2.49. The fourth-order valence-electron chi connectivity index (χ4n) is 7.41. The molecule has 2 heterocycles. The van der Waals surface area contributed by atoms with E-state index in [9.17, 15) is 0 Å². The Bertz CT molecular complexity index is 2330. The molecule has 0 spiro atoms. The Balaban J connectivity index is 1.40. The largest absolute Gasteiger partial charge is 0.309 e. The summed E-state index contributed by atoms with van der Waals surface area (Å²) >= 11 is 0. The van der Waals surface area contributed by atoms with E-state index in [1.807, 2.05) is 0 Å². The molecule has 2 aromatic heterocycles. The number of nitrogens with zero attached hydrogens (tertiary/aromatic N) is 2. The van der Waals surface area contributed by atoms with Crippen molar-refractivity contribution >= 4 is 43.6 Å². The number of aromatic nitrogens is 2. The monoisotopic (exact) mass is 524 g/mol. The third-order valence-electron chi connectivity index (χ3n) is 9.31. The van der Waals surface area contributed by atoms with Gasteiger partial charge in [0.15, 0.2) is 0 Å². The number of rotatable bonds is 2. The van der Waals surface area contributed by atoms with Gasteiger partial charge in [-0.3, -0.25) is 0 Å². The lowest BCUT2D eigenvalue weighted by Crippen LogP contribution is -2.14. The van der Waals surface area contributed by atoms with Gasteiger partial charge in [0.25, 0.3) is 0 Å². The van der Waals surface area contributed by atoms with Crippen molar-refractivity contribution in [2.75, 3.05) is 0 Å². The number of fused-ring (bicyclic) bond motifs is 9. The Morgan fingerprint density at radius 2 is 0.951 bits per heavy atom. The molecule has 8 aromatic rings. The van der Waals surface area contributed by atoms with Crippen LogP contribution in [-0.4, -0.2) is 9.13 Å². The molecule has 0 saturated carbocycles. The summed E-state index contributed by atoms with van der Waals surface area (Å²) in [6.45, 7) is 4.69. The van der Waals surface area contributed by atoms with Crippen molar-refractivity contribution in [3.63, 3.8) is 0 Å². The summed E-state index contributed by atoms with van der Waals surface area (Å²) in [5, 5.41) is 5.12. The van der Waals surface area contributed by atoms with E-state index in [1.54, 1.807) is 0 Å². The van der Waals surface area contributed by atoms with E-state index >= 15 is 0 Å². The average molecular weight is 525 g/mol. The molecule has 1 aliphatic carbocycles. The highest BCUT2D eigenvalue weighted by Gasteiger charge is 2.35. The van der Waals surface area contributed by atoms with Crippen molar-refractivity contribution in [2.45, 2.75) is 19.3 Å². The highest BCUT2D eigenvalue weighted by atomic mass is 15.0. The van der Waals surface area contributed by atoms with E-state index in [2.05, 4.69) is 156 Å². The summed E-state index contributed by atoms with van der Waals surface area (Å²) in [4.78, 5) is 0. The van der Waals surface area contributed by atoms with Crippen LogP contribution in [-0.2, 0) is 5.41 Å². The molecule has 0 unspecified atom stereocenters. The van der Waals surface area contributed by atoms with Gasteiger partial charge >= 0.3 is 0 Å². The number of hydrogen-bond acceptors (Lipinski definition) is 0. The lowest BCUT2D eigenvalue weighted by Gasteiger charge is -2.21. The molecule has 0 bridgehead atoms. The van der Waals surface area contributed by atoms with Gasteiger partial charge < -0.3 is 9.13 Å². The van der Waals surface area contributed by atoms with Gasteiger partial charge in [0.05, 0.1) is 22.1 Å². The van der Waals surface area contributed by atoms with Crippen molar-refractivity contribution in [3.8, 4) is 22.5 Å². The lowest BCUT2D eigenvalue weighted by atomic mass is 9.82. The molecule has 0 saturated heterocycles. The van der Waals surface area contributed by atoms with Crippen LogP contribution in [0.4, 0.5) is 0 Å². The normalized spacial score (nSPS) is 13.8. The predicted octanol–water partition coefficient (Wildman–Crippen LogP) is 10.2. The zero-order valence-corrected chi connectivity index (χ0v) is 23.1. The second kappa shape index (κ2) is 7.99. The quantitative estimate of drug-likeness (QED) is 0.213. The first-order chi connectivity index (χ1) is 20.1. The van der Waals surface area contributed by atoms with E-state index in [-0.39, 0.29) is 5.41 Å². The molecule has 9 rings (SSSR count). The molecule has 0 atom stereocenters. The Hall–Kier alpha value is -5.08. The molecule has 194 valence electrons. The molecular weight excluding hydrogens is 496 g/mol. The first kappa shape index (κ1) is 22.7. The third-order valence-corrected chi connectivity index (χ3v) is 9.31. The minimum atomic E-state index is -0.00589. The van der Waals surface area contributed by atoms with Gasteiger partial charge in [0.1, 0.15) is 0 Å². The fraction of sp³-hybridized carbons (Fsp3) is 0.0769. The average Bonchev–Trinajstić information content (AvgIpc) is 3.60. The summed E-state index contributed by atoms with van der Waals surface area (Å²) in [5.41, 5.74) is 12.8. The van der Waals surface area contributed by atoms with E-state index in [4.69, 9.17) is 0 Å². The van der Waals surface area contributed by atoms with Gasteiger partial charge in [-0.2, -0.15) is 0 Å². The maximum atomic E-state index is 2.46. The van der Waals surface area contributed by atoms with Crippen LogP contribution in [0.15, 0.2) is 133 Å². The van der Waals surface area contributed by atoms with E-state index < -0.39 is 0 Å². The highest BCUT2D eigenvalue weighted by molar-refractivity contribution is 6.19. The Morgan fingerprint density at radius 3 is 1.66 bits per heavy atom. The van der Waals surface area contributed by atoms with Crippen molar-refractivity contribution in [2.24, 2.45) is 0 Å². The SMILES string of the molecule is CC1(C)c2ccccc2-c2cc(-n3c4ccccc4c4cc5c6ccccc6n(-c6ccccc6)c5cc43)ccc21. The summed E-state index contributed by atoms with van der Waals surface area (Å²) < 4.78 is 4.87. The van der Waals surface area contributed by atoms with Gasteiger partial charge in [0.2, 0.25) is 0 Å². The van der Waals surface area contributed by atoms with Crippen LogP contribution >= 0.6 is 0 Å². The molecule has 0 amide bonds. The molecule has 0 aliphatic heterocycles. The minimum absolute atomic E-state index is 0.00589. The maximum Gasteiger partial charge on any atom is 0.0562 e. The number of benzene rings is 6. The van der Waals surface area contributed by atoms with Crippen LogP contribution < -0.4 is 0 Å². The molecule has 0 fully saturated rings. The Labute approximate surface area is 238 Å². The first-order valence-electron chi connectivity index (χ1n) is 14.4. The molecule has 2 heteroatoms. The number of para-hydroxylation sites is 3. The van der Waals surface area contributed by atoms with Gasteiger partial charge in [-0.25, -0.2) is 0 Å². The molecule has 0 radical (unpaired) electrons. The van der Waals surface area contributed by atoms with E-state index in [1.165, 1.54) is 77.2 Å².